The summed E-state index contributed by atoms with van der Waals surface area (Å²) in [6.07, 6.45) is 0. The van der Waals surface area contributed by atoms with Crippen molar-refractivity contribution in [2.75, 3.05) is 0 Å². The molecule has 0 radical (unpaired) electrons. The molecule has 7 aromatic carbocycles. The van der Waals surface area contributed by atoms with Crippen LogP contribution in [0.3, 0.4) is 0 Å². The van der Waals surface area contributed by atoms with E-state index < -0.39 is 0 Å². The molecule has 4 nitrogen and oxygen atoms in total. The Kier molecular flexibility index (Phi) is 6.22. The molecular weight excluding hydrogens is 585 g/mol. The van der Waals surface area contributed by atoms with E-state index in [1.54, 1.807) is 0 Å². The molecule has 48 heavy (non-hydrogen) atoms. The van der Waals surface area contributed by atoms with Gasteiger partial charge in [0.2, 0.25) is 0 Å². The molecule has 9 rings (SSSR count). The molecule has 0 fully saturated rings. The van der Waals surface area contributed by atoms with Gasteiger partial charge >= 0.3 is 0 Å². The summed E-state index contributed by atoms with van der Waals surface area (Å²) in [5, 5.41) is 24.6. The summed E-state index contributed by atoms with van der Waals surface area (Å²) in [6, 6.07) is 58.9. The van der Waals surface area contributed by atoms with Gasteiger partial charge in [-0.2, -0.15) is 10.5 Å². The molecule has 222 valence electrons. The number of hydrogen-bond donors (Lipinski definition) is 0. The smallest absolute Gasteiger partial charge is 0.0991 e. The van der Waals surface area contributed by atoms with Gasteiger partial charge in [0.15, 0.2) is 0 Å². The van der Waals surface area contributed by atoms with Crippen molar-refractivity contribution in [2.24, 2.45) is 0 Å². The van der Waals surface area contributed by atoms with Crippen molar-refractivity contribution in [2.45, 2.75) is 0 Å². The third-order valence-electron chi connectivity index (χ3n) is 9.40. The quantitative estimate of drug-likeness (QED) is 0.199. The van der Waals surface area contributed by atoms with Crippen LogP contribution in [0.1, 0.15) is 11.1 Å². The largest absolute Gasteiger partial charge is 0.309 e. The van der Waals surface area contributed by atoms with Crippen molar-refractivity contribution in [1.82, 2.24) is 9.13 Å². The maximum absolute atomic E-state index is 9.90. The van der Waals surface area contributed by atoms with Crippen molar-refractivity contribution in [3.63, 3.8) is 0 Å². The molecule has 0 bridgehead atoms. The fraction of sp³-hybridized carbons (Fsp3) is 0. The van der Waals surface area contributed by atoms with E-state index in [-0.39, 0.29) is 0 Å². The van der Waals surface area contributed by atoms with Gasteiger partial charge in [0.25, 0.3) is 0 Å². The molecule has 0 atom stereocenters. The van der Waals surface area contributed by atoms with Crippen molar-refractivity contribution in [3.05, 3.63) is 169 Å². The third-order valence-corrected chi connectivity index (χ3v) is 9.40. The van der Waals surface area contributed by atoms with Crippen LogP contribution in [0.15, 0.2) is 158 Å². The predicted octanol–water partition coefficient (Wildman–Crippen LogP) is 11.0. The first-order valence-electron chi connectivity index (χ1n) is 15.9. The van der Waals surface area contributed by atoms with E-state index in [1.807, 2.05) is 24.3 Å². The van der Waals surface area contributed by atoms with Crippen LogP contribution < -0.4 is 0 Å². The van der Waals surface area contributed by atoms with Crippen LogP contribution in [0.2, 0.25) is 0 Å². The second-order valence-electron chi connectivity index (χ2n) is 12.0. The minimum Gasteiger partial charge on any atom is -0.309 e. The lowest BCUT2D eigenvalue weighted by Gasteiger charge is -2.17. The van der Waals surface area contributed by atoms with Gasteiger partial charge in [-0.15, -0.1) is 0 Å². The second kappa shape index (κ2) is 10.9. The van der Waals surface area contributed by atoms with E-state index >= 15 is 0 Å². The van der Waals surface area contributed by atoms with Gasteiger partial charge in [0.05, 0.1) is 56.7 Å². The van der Waals surface area contributed by atoms with Crippen LogP contribution in [0.4, 0.5) is 0 Å². The number of benzene rings is 7. The molecule has 4 heteroatoms. The number of rotatable bonds is 4. The lowest BCUT2D eigenvalue weighted by molar-refractivity contribution is 1.18. The average molecular weight is 611 g/mol. The highest BCUT2D eigenvalue weighted by Gasteiger charge is 2.18. The molecule has 0 aliphatic rings. The highest BCUT2D eigenvalue weighted by atomic mass is 15.0. The molecule has 0 amide bonds. The maximum Gasteiger partial charge on any atom is 0.0991 e. The first kappa shape index (κ1) is 27.4. The molecule has 2 aromatic heterocycles. The van der Waals surface area contributed by atoms with E-state index in [0.717, 1.165) is 55.7 Å². The Balaban J connectivity index is 1.24. The van der Waals surface area contributed by atoms with E-state index in [0.29, 0.717) is 11.1 Å². The Morgan fingerprint density at radius 3 is 0.979 bits per heavy atom. The van der Waals surface area contributed by atoms with Crippen molar-refractivity contribution < 1.29 is 0 Å². The lowest BCUT2D eigenvalue weighted by atomic mass is 9.96. The van der Waals surface area contributed by atoms with E-state index in [1.165, 1.54) is 21.5 Å². The van der Waals surface area contributed by atoms with Gasteiger partial charge in [0.1, 0.15) is 0 Å². The summed E-state index contributed by atoms with van der Waals surface area (Å²) in [5.74, 6) is 0. The SMILES string of the molecule is N#Cc1ccc(-n2c3ccccc3c3ccccc32)c(-c2ccc(-c3cc(C#N)ccc3-n3c4ccccc4c4ccccc43)cc2)c1. The average Bonchev–Trinajstić information content (AvgIpc) is 3.67. The van der Waals surface area contributed by atoms with Gasteiger partial charge in [-0.1, -0.05) is 97.1 Å². The minimum atomic E-state index is 0.606. The minimum absolute atomic E-state index is 0.606. The van der Waals surface area contributed by atoms with Crippen molar-refractivity contribution in [1.29, 1.82) is 10.5 Å². The zero-order chi connectivity index (χ0) is 32.2. The van der Waals surface area contributed by atoms with Gasteiger partial charge in [-0.05, 0) is 71.8 Å². The lowest BCUT2D eigenvalue weighted by Crippen LogP contribution is -1.99. The number of nitrogens with zero attached hydrogens (tertiary/aromatic N) is 4. The number of fused-ring (bicyclic) bond motifs is 6. The fourth-order valence-corrected chi connectivity index (χ4v) is 7.26. The van der Waals surface area contributed by atoms with Crippen LogP contribution >= 0.6 is 0 Å². The summed E-state index contributed by atoms with van der Waals surface area (Å²) in [4.78, 5) is 0. The van der Waals surface area contributed by atoms with Crippen LogP contribution in [0.25, 0.3) is 77.2 Å². The number of aromatic nitrogens is 2. The number of nitriles is 2. The van der Waals surface area contributed by atoms with Crippen LogP contribution in [-0.4, -0.2) is 9.13 Å². The Morgan fingerprint density at radius 2 is 0.667 bits per heavy atom. The number of para-hydroxylation sites is 4. The van der Waals surface area contributed by atoms with Gasteiger partial charge in [0, 0.05) is 32.7 Å². The Morgan fingerprint density at radius 1 is 0.354 bits per heavy atom. The molecule has 0 N–H and O–H groups in total. The molecule has 9 aromatic rings. The highest BCUT2D eigenvalue weighted by Crippen LogP contribution is 2.39. The third kappa shape index (κ3) is 4.14. The molecule has 0 saturated heterocycles. The summed E-state index contributed by atoms with van der Waals surface area (Å²) in [6.45, 7) is 0. The normalized spacial score (nSPS) is 11.3. The Labute approximate surface area is 277 Å². The van der Waals surface area contributed by atoms with Crippen molar-refractivity contribution in [3.8, 4) is 45.8 Å². The van der Waals surface area contributed by atoms with E-state index in [9.17, 15) is 10.5 Å². The molecule has 2 heterocycles. The zero-order valence-electron chi connectivity index (χ0n) is 25.8. The van der Waals surface area contributed by atoms with Gasteiger partial charge in [-0.3, -0.25) is 0 Å². The van der Waals surface area contributed by atoms with Crippen LogP contribution in [-0.2, 0) is 0 Å². The van der Waals surface area contributed by atoms with Crippen LogP contribution in [0, 0.1) is 22.7 Å². The summed E-state index contributed by atoms with van der Waals surface area (Å²) >= 11 is 0. The van der Waals surface area contributed by atoms with E-state index in [2.05, 4.69) is 155 Å². The summed E-state index contributed by atoms with van der Waals surface area (Å²) in [7, 11) is 0. The zero-order valence-corrected chi connectivity index (χ0v) is 25.8. The molecule has 0 aliphatic carbocycles. The summed E-state index contributed by atoms with van der Waals surface area (Å²) < 4.78 is 4.59. The van der Waals surface area contributed by atoms with Gasteiger partial charge in [-0.25, -0.2) is 0 Å². The molecule has 0 aliphatic heterocycles. The standard InChI is InChI=1S/C44H26N4/c45-27-29-17-23-43(47-39-13-5-1-9-33(39)34-10-2-6-14-40(34)47)37(25-29)31-19-21-32(22-20-31)38-26-30(28-46)18-24-44(38)48-41-15-7-3-11-35(41)36-12-4-8-16-42(36)48/h1-26H. The predicted molar refractivity (Wildman–Crippen MR) is 195 cm³/mol. The molecule has 0 spiro atoms. The fourth-order valence-electron chi connectivity index (χ4n) is 7.26. The Bertz CT molecular complexity index is 2500. The summed E-state index contributed by atoms with van der Waals surface area (Å²) in [5.41, 5.74) is 11.6. The van der Waals surface area contributed by atoms with Crippen molar-refractivity contribution >= 4 is 43.6 Å². The van der Waals surface area contributed by atoms with Crippen LogP contribution in [0.5, 0.6) is 0 Å². The first-order chi connectivity index (χ1) is 23.7. The monoisotopic (exact) mass is 610 g/mol. The number of hydrogen-bond acceptors (Lipinski definition) is 2. The van der Waals surface area contributed by atoms with Gasteiger partial charge < -0.3 is 9.13 Å². The highest BCUT2D eigenvalue weighted by molar-refractivity contribution is 6.11. The first-order valence-corrected chi connectivity index (χ1v) is 15.9. The molecule has 0 saturated carbocycles. The Hall–Kier alpha value is -6.88. The maximum atomic E-state index is 9.90. The molecule has 0 unspecified atom stereocenters. The molecular formula is C44H26N4. The topological polar surface area (TPSA) is 57.4 Å². The van der Waals surface area contributed by atoms with E-state index in [4.69, 9.17) is 0 Å². The second-order valence-corrected chi connectivity index (χ2v) is 12.0.